The third kappa shape index (κ3) is 4.81. The molecule has 0 saturated heterocycles. The Morgan fingerprint density at radius 3 is 2.19 bits per heavy atom. The zero-order valence-corrected chi connectivity index (χ0v) is 13.2. The van der Waals surface area contributed by atoms with Crippen LogP contribution in [0.5, 0.6) is 17.2 Å². The van der Waals surface area contributed by atoms with Gasteiger partial charge in [-0.05, 0) is 25.0 Å². The first-order valence-electron chi connectivity index (χ1n) is 7.92. The second-order valence-electron chi connectivity index (χ2n) is 5.48. The minimum absolute atomic E-state index is 0.618. The van der Waals surface area contributed by atoms with Gasteiger partial charge in [-0.1, -0.05) is 31.7 Å². The fraction of sp³-hybridized carbons (Fsp3) is 0.647. The molecule has 0 radical (unpaired) electrons. The Morgan fingerprint density at radius 1 is 1.00 bits per heavy atom. The number of ether oxygens (including phenoxy) is 3. The van der Waals surface area contributed by atoms with Crippen LogP contribution in [0, 0.1) is 0 Å². The number of rotatable bonds is 7. The lowest BCUT2D eigenvalue weighted by Gasteiger charge is -2.18. The topological polar surface area (TPSA) is 39.7 Å². The third-order valence-electron chi connectivity index (χ3n) is 4.02. The molecule has 2 rings (SSSR count). The Kier molecular flexibility index (Phi) is 6.67. The van der Waals surface area contributed by atoms with Crippen LogP contribution in [0.2, 0.25) is 0 Å². The van der Waals surface area contributed by atoms with E-state index in [2.05, 4.69) is 5.32 Å². The van der Waals surface area contributed by atoms with Crippen LogP contribution >= 0.6 is 0 Å². The summed E-state index contributed by atoms with van der Waals surface area (Å²) in [5, 5.41) is 3.60. The third-order valence-corrected chi connectivity index (χ3v) is 4.02. The van der Waals surface area contributed by atoms with Gasteiger partial charge in [0, 0.05) is 12.6 Å². The van der Waals surface area contributed by atoms with Gasteiger partial charge in [0.05, 0.1) is 14.2 Å². The van der Waals surface area contributed by atoms with Crippen molar-refractivity contribution in [2.45, 2.75) is 44.6 Å². The summed E-state index contributed by atoms with van der Waals surface area (Å²) in [4.78, 5) is 0. The number of hydrogen-bond acceptors (Lipinski definition) is 4. The molecule has 1 N–H and O–H groups in total. The van der Waals surface area contributed by atoms with E-state index in [4.69, 9.17) is 14.2 Å². The molecule has 1 aromatic carbocycles. The van der Waals surface area contributed by atoms with E-state index in [0.29, 0.717) is 29.9 Å². The van der Waals surface area contributed by atoms with Crippen LogP contribution < -0.4 is 19.5 Å². The van der Waals surface area contributed by atoms with Crippen LogP contribution in [-0.4, -0.2) is 33.4 Å². The fourth-order valence-electron chi connectivity index (χ4n) is 2.86. The summed E-state index contributed by atoms with van der Waals surface area (Å²) in [6.45, 7) is 1.47. The maximum Gasteiger partial charge on any atom is 0.203 e. The van der Waals surface area contributed by atoms with Gasteiger partial charge in [-0.3, -0.25) is 0 Å². The lowest BCUT2D eigenvalue weighted by Crippen LogP contribution is -2.32. The molecule has 0 unspecified atom stereocenters. The van der Waals surface area contributed by atoms with Crippen molar-refractivity contribution in [3.05, 3.63) is 18.2 Å². The fourth-order valence-corrected chi connectivity index (χ4v) is 2.86. The van der Waals surface area contributed by atoms with Crippen molar-refractivity contribution in [2.24, 2.45) is 0 Å². The van der Waals surface area contributed by atoms with E-state index >= 15 is 0 Å². The number of nitrogens with one attached hydrogen (secondary N) is 1. The van der Waals surface area contributed by atoms with Gasteiger partial charge >= 0.3 is 0 Å². The molecule has 1 saturated carbocycles. The minimum Gasteiger partial charge on any atom is -0.493 e. The van der Waals surface area contributed by atoms with Crippen LogP contribution in [0.3, 0.4) is 0 Å². The average molecular weight is 293 g/mol. The van der Waals surface area contributed by atoms with Crippen LogP contribution in [0.25, 0.3) is 0 Å². The van der Waals surface area contributed by atoms with Gasteiger partial charge in [0.2, 0.25) is 5.75 Å². The van der Waals surface area contributed by atoms with E-state index in [-0.39, 0.29) is 0 Å². The maximum atomic E-state index is 5.86. The van der Waals surface area contributed by atoms with E-state index in [0.717, 1.165) is 6.54 Å². The molecule has 21 heavy (non-hydrogen) atoms. The van der Waals surface area contributed by atoms with Crippen molar-refractivity contribution >= 4 is 0 Å². The average Bonchev–Trinajstić information content (AvgIpc) is 2.80. The highest BCUT2D eigenvalue weighted by molar-refractivity contribution is 5.51. The highest BCUT2D eigenvalue weighted by Gasteiger charge is 2.13. The number of benzene rings is 1. The van der Waals surface area contributed by atoms with Gasteiger partial charge in [-0.25, -0.2) is 0 Å². The standard InChI is InChI=1S/C17H27NO3/c1-19-15-10-7-11-16(20-2)17(15)21-13-12-18-14-8-5-3-4-6-9-14/h7,10-11,14,18H,3-6,8-9,12-13H2,1-2H3. The van der Waals surface area contributed by atoms with Gasteiger partial charge in [-0.15, -0.1) is 0 Å². The molecule has 0 aromatic heterocycles. The highest BCUT2D eigenvalue weighted by Crippen LogP contribution is 2.36. The summed E-state index contributed by atoms with van der Waals surface area (Å²) >= 11 is 0. The molecule has 1 aromatic rings. The lowest BCUT2D eigenvalue weighted by molar-refractivity contribution is 0.266. The predicted octanol–water partition coefficient (Wildman–Crippen LogP) is 3.40. The predicted molar refractivity (Wildman–Crippen MR) is 84.5 cm³/mol. The molecule has 0 amide bonds. The summed E-state index contributed by atoms with van der Waals surface area (Å²) in [5.74, 6) is 2.11. The lowest BCUT2D eigenvalue weighted by atomic mass is 10.1. The quantitative estimate of drug-likeness (QED) is 0.618. The summed E-state index contributed by atoms with van der Waals surface area (Å²) in [6, 6.07) is 6.32. The van der Waals surface area contributed by atoms with Crippen molar-refractivity contribution in [3.63, 3.8) is 0 Å². The summed E-state index contributed by atoms with van der Waals surface area (Å²) in [7, 11) is 3.29. The first-order valence-corrected chi connectivity index (χ1v) is 7.92. The number of para-hydroxylation sites is 1. The smallest absolute Gasteiger partial charge is 0.203 e. The van der Waals surface area contributed by atoms with Crippen molar-refractivity contribution in [2.75, 3.05) is 27.4 Å². The van der Waals surface area contributed by atoms with Crippen LogP contribution in [0.1, 0.15) is 38.5 Å². The molecule has 4 nitrogen and oxygen atoms in total. The molecule has 1 aliphatic carbocycles. The minimum atomic E-state index is 0.618. The van der Waals surface area contributed by atoms with Gasteiger partial charge in [0.1, 0.15) is 6.61 Å². The second kappa shape index (κ2) is 8.78. The summed E-state index contributed by atoms with van der Waals surface area (Å²) in [5.41, 5.74) is 0. The van der Waals surface area contributed by atoms with E-state index < -0.39 is 0 Å². The van der Waals surface area contributed by atoms with Crippen molar-refractivity contribution in [1.29, 1.82) is 0 Å². The molecule has 4 heteroatoms. The largest absolute Gasteiger partial charge is 0.493 e. The normalized spacial score (nSPS) is 16.3. The van der Waals surface area contributed by atoms with E-state index in [1.165, 1.54) is 38.5 Å². The maximum absolute atomic E-state index is 5.86. The first kappa shape index (κ1) is 16.0. The Hall–Kier alpha value is -1.42. The molecule has 0 aliphatic heterocycles. The summed E-state index contributed by atoms with van der Waals surface area (Å²) < 4.78 is 16.5. The van der Waals surface area contributed by atoms with Crippen LogP contribution in [0.15, 0.2) is 18.2 Å². The van der Waals surface area contributed by atoms with E-state index in [9.17, 15) is 0 Å². The van der Waals surface area contributed by atoms with Crippen molar-refractivity contribution < 1.29 is 14.2 Å². The molecule has 0 heterocycles. The molecular weight excluding hydrogens is 266 g/mol. The number of methoxy groups -OCH3 is 2. The molecule has 1 aliphatic rings. The SMILES string of the molecule is COc1cccc(OC)c1OCCNC1CCCCCC1. The van der Waals surface area contributed by atoms with Crippen molar-refractivity contribution in [1.82, 2.24) is 5.32 Å². The Balaban J connectivity index is 1.80. The zero-order chi connectivity index (χ0) is 14.9. The van der Waals surface area contributed by atoms with Gasteiger partial charge in [0.25, 0.3) is 0 Å². The monoisotopic (exact) mass is 293 g/mol. The van der Waals surface area contributed by atoms with E-state index in [1.54, 1.807) is 14.2 Å². The summed E-state index contributed by atoms with van der Waals surface area (Å²) in [6.07, 6.45) is 8.04. The van der Waals surface area contributed by atoms with E-state index in [1.807, 2.05) is 18.2 Å². The molecule has 1 fully saturated rings. The van der Waals surface area contributed by atoms with Crippen molar-refractivity contribution in [3.8, 4) is 17.2 Å². The molecule has 0 atom stereocenters. The van der Waals surface area contributed by atoms with Gasteiger partial charge in [-0.2, -0.15) is 0 Å². The van der Waals surface area contributed by atoms with Gasteiger partial charge < -0.3 is 19.5 Å². The number of hydrogen-bond donors (Lipinski definition) is 1. The Labute approximate surface area is 127 Å². The Morgan fingerprint density at radius 2 is 1.62 bits per heavy atom. The zero-order valence-electron chi connectivity index (χ0n) is 13.2. The molecule has 118 valence electrons. The van der Waals surface area contributed by atoms with Crippen LogP contribution in [-0.2, 0) is 0 Å². The van der Waals surface area contributed by atoms with Gasteiger partial charge in [0.15, 0.2) is 11.5 Å². The highest BCUT2D eigenvalue weighted by atomic mass is 16.5. The first-order chi connectivity index (χ1) is 10.3. The molecule has 0 spiro atoms. The van der Waals surface area contributed by atoms with Crippen LogP contribution in [0.4, 0.5) is 0 Å². The Bertz CT molecular complexity index is 392. The second-order valence-corrected chi connectivity index (χ2v) is 5.48. The molecular formula is C17H27NO3. The molecule has 0 bridgehead atoms.